The van der Waals surface area contributed by atoms with E-state index in [1.54, 1.807) is 0 Å². The summed E-state index contributed by atoms with van der Waals surface area (Å²) in [5.74, 6) is -0.835. The van der Waals surface area contributed by atoms with Crippen LogP contribution in [0.5, 0.6) is 5.75 Å². The SMILES string of the molecule is Cc1[nH]nc(C(=O)Nc2nc3ccc(OCC(F)(F)F)cc3s2)c1[N+](=O)[O-]. The number of nitrogens with one attached hydrogen (secondary N) is 2. The summed E-state index contributed by atoms with van der Waals surface area (Å²) in [5.41, 5.74) is -0.300. The number of carbonyl (C=O) groups excluding carboxylic acids is 1. The first-order valence-corrected chi connectivity index (χ1v) is 8.06. The number of thiazole rings is 1. The molecule has 27 heavy (non-hydrogen) atoms. The number of ether oxygens (including phenoxy) is 1. The Morgan fingerprint density at radius 1 is 1.44 bits per heavy atom. The van der Waals surface area contributed by atoms with Gasteiger partial charge in [0.2, 0.25) is 5.69 Å². The summed E-state index contributed by atoms with van der Waals surface area (Å²) in [4.78, 5) is 26.6. The second kappa shape index (κ2) is 6.83. The maximum Gasteiger partial charge on any atom is 0.422 e. The summed E-state index contributed by atoms with van der Waals surface area (Å²) in [5, 5.41) is 19.5. The molecular weight excluding hydrogens is 391 g/mol. The van der Waals surface area contributed by atoms with Crippen LogP contribution in [0.1, 0.15) is 16.2 Å². The molecular formula is C14H10F3N5O4S. The molecule has 0 aliphatic rings. The highest BCUT2D eigenvalue weighted by Gasteiger charge is 2.29. The molecule has 2 heterocycles. The average Bonchev–Trinajstić information content (AvgIpc) is 3.14. The van der Waals surface area contributed by atoms with Crippen molar-refractivity contribution in [2.24, 2.45) is 0 Å². The maximum atomic E-state index is 12.2. The predicted molar refractivity (Wildman–Crippen MR) is 89.1 cm³/mol. The van der Waals surface area contributed by atoms with E-state index in [1.165, 1.54) is 25.1 Å². The Kier molecular flexibility index (Phi) is 4.70. The standard InChI is InChI=1S/C14H10F3N5O4S/c1-6-11(22(24)25)10(21-20-6)12(23)19-13-18-8-3-2-7(4-9(8)27-13)26-5-14(15,16)17/h2-4H,5H2,1H3,(H,20,21)(H,18,19,23). The van der Waals surface area contributed by atoms with Crippen molar-refractivity contribution in [1.82, 2.24) is 15.2 Å². The fraction of sp³-hybridized carbons (Fsp3) is 0.214. The molecule has 13 heteroatoms. The Balaban J connectivity index is 1.80. The van der Waals surface area contributed by atoms with Crippen LogP contribution in [0.15, 0.2) is 18.2 Å². The summed E-state index contributed by atoms with van der Waals surface area (Å²) in [6.45, 7) is -0.0227. The van der Waals surface area contributed by atoms with Crippen LogP contribution in [0.3, 0.4) is 0 Å². The molecule has 0 radical (unpaired) electrons. The van der Waals surface area contributed by atoms with Gasteiger partial charge < -0.3 is 4.74 Å². The summed E-state index contributed by atoms with van der Waals surface area (Å²) in [6.07, 6.45) is -4.46. The molecule has 3 rings (SSSR count). The van der Waals surface area contributed by atoms with E-state index in [0.29, 0.717) is 10.2 Å². The quantitative estimate of drug-likeness (QED) is 0.499. The second-order valence-corrected chi connectivity index (χ2v) is 6.34. The molecule has 0 spiro atoms. The lowest BCUT2D eigenvalue weighted by molar-refractivity contribution is -0.385. The predicted octanol–water partition coefficient (Wildman–Crippen LogP) is 3.43. The molecule has 2 aromatic heterocycles. The van der Waals surface area contributed by atoms with Gasteiger partial charge in [0.1, 0.15) is 11.4 Å². The van der Waals surface area contributed by atoms with Crippen molar-refractivity contribution in [2.75, 3.05) is 11.9 Å². The first-order valence-electron chi connectivity index (χ1n) is 7.25. The molecule has 0 bridgehead atoms. The average molecular weight is 401 g/mol. The van der Waals surface area contributed by atoms with Gasteiger partial charge in [-0.2, -0.15) is 18.3 Å². The fourth-order valence-electron chi connectivity index (χ4n) is 2.17. The van der Waals surface area contributed by atoms with Gasteiger partial charge in [-0.1, -0.05) is 11.3 Å². The Morgan fingerprint density at radius 3 is 2.85 bits per heavy atom. The summed E-state index contributed by atoms with van der Waals surface area (Å²) >= 11 is 0.977. The van der Waals surface area contributed by atoms with Crippen molar-refractivity contribution in [3.05, 3.63) is 39.7 Å². The van der Waals surface area contributed by atoms with Gasteiger partial charge in [-0.25, -0.2) is 4.98 Å². The van der Waals surface area contributed by atoms with Gasteiger partial charge in [0, 0.05) is 0 Å². The third-order valence-corrected chi connectivity index (χ3v) is 4.23. The van der Waals surface area contributed by atoms with E-state index in [-0.39, 0.29) is 16.6 Å². The van der Waals surface area contributed by atoms with Gasteiger partial charge in [0.25, 0.3) is 5.91 Å². The van der Waals surface area contributed by atoms with Crippen molar-refractivity contribution < 1.29 is 27.6 Å². The van der Waals surface area contributed by atoms with Crippen LogP contribution in [0.25, 0.3) is 10.2 Å². The van der Waals surface area contributed by atoms with Crippen LogP contribution < -0.4 is 10.1 Å². The van der Waals surface area contributed by atoms with Crippen LogP contribution in [-0.2, 0) is 0 Å². The molecule has 1 aromatic carbocycles. The molecule has 1 amide bonds. The van der Waals surface area contributed by atoms with E-state index < -0.39 is 35.0 Å². The molecule has 0 fully saturated rings. The van der Waals surface area contributed by atoms with Crippen LogP contribution in [0.4, 0.5) is 24.0 Å². The number of fused-ring (bicyclic) bond motifs is 1. The number of aryl methyl sites for hydroxylation is 1. The largest absolute Gasteiger partial charge is 0.484 e. The molecule has 142 valence electrons. The minimum absolute atomic E-state index is 0.0000783. The van der Waals surface area contributed by atoms with E-state index >= 15 is 0 Å². The van der Waals surface area contributed by atoms with Crippen LogP contribution in [0.2, 0.25) is 0 Å². The van der Waals surface area contributed by atoms with Crippen molar-refractivity contribution in [1.29, 1.82) is 0 Å². The number of anilines is 1. The molecule has 9 nitrogen and oxygen atoms in total. The first-order chi connectivity index (χ1) is 12.6. The normalized spacial score (nSPS) is 11.6. The molecule has 0 aliphatic heterocycles. The lowest BCUT2D eigenvalue weighted by atomic mass is 10.3. The molecule has 2 N–H and O–H groups in total. The molecule has 3 aromatic rings. The zero-order valence-electron chi connectivity index (χ0n) is 13.5. The topological polar surface area (TPSA) is 123 Å². The maximum absolute atomic E-state index is 12.2. The number of amides is 1. The lowest BCUT2D eigenvalue weighted by Gasteiger charge is -2.08. The zero-order chi connectivity index (χ0) is 19.8. The number of halogens is 3. The third kappa shape index (κ3) is 4.13. The number of aromatic nitrogens is 3. The van der Waals surface area contributed by atoms with Gasteiger partial charge in [-0.15, -0.1) is 0 Å². The van der Waals surface area contributed by atoms with E-state index in [1.807, 2.05) is 0 Å². The number of benzene rings is 1. The molecule has 0 atom stereocenters. The number of rotatable bonds is 5. The fourth-order valence-corrected chi connectivity index (χ4v) is 3.06. The Morgan fingerprint density at radius 2 is 2.19 bits per heavy atom. The van der Waals surface area contributed by atoms with E-state index in [4.69, 9.17) is 0 Å². The molecule has 0 aliphatic carbocycles. The van der Waals surface area contributed by atoms with Gasteiger partial charge in [0.15, 0.2) is 11.7 Å². The number of hydrogen-bond donors (Lipinski definition) is 2. The number of aromatic amines is 1. The van der Waals surface area contributed by atoms with Crippen LogP contribution in [-0.4, -0.2) is 38.8 Å². The highest BCUT2D eigenvalue weighted by Crippen LogP contribution is 2.31. The number of hydrogen-bond acceptors (Lipinski definition) is 7. The Labute approximate surface area is 152 Å². The minimum atomic E-state index is -4.46. The van der Waals surface area contributed by atoms with Crippen molar-refractivity contribution in [2.45, 2.75) is 13.1 Å². The van der Waals surface area contributed by atoms with Gasteiger partial charge in [-0.05, 0) is 25.1 Å². The van der Waals surface area contributed by atoms with Gasteiger partial charge >= 0.3 is 11.9 Å². The van der Waals surface area contributed by atoms with E-state index in [9.17, 15) is 28.1 Å². The molecule has 0 saturated carbocycles. The summed E-state index contributed by atoms with van der Waals surface area (Å²) in [7, 11) is 0. The summed E-state index contributed by atoms with van der Waals surface area (Å²) in [6, 6.07) is 4.12. The second-order valence-electron chi connectivity index (χ2n) is 5.31. The molecule has 0 unspecified atom stereocenters. The number of carbonyl (C=O) groups is 1. The van der Waals surface area contributed by atoms with E-state index in [2.05, 4.69) is 25.2 Å². The number of H-pyrrole nitrogens is 1. The highest BCUT2D eigenvalue weighted by atomic mass is 32.1. The minimum Gasteiger partial charge on any atom is -0.484 e. The van der Waals surface area contributed by atoms with Crippen molar-refractivity contribution >= 4 is 38.3 Å². The number of nitrogens with zero attached hydrogens (tertiary/aromatic N) is 3. The number of nitro groups is 1. The summed E-state index contributed by atoms with van der Waals surface area (Å²) < 4.78 is 41.8. The van der Waals surface area contributed by atoms with Crippen molar-refractivity contribution in [3.8, 4) is 5.75 Å². The zero-order valence-corrected chi connectivity index (χ0v) is 14.3. The Hall–Kier alpha value is -3.22. The van der Waals surface area contributed by atoms with E-state index in [0.717, 1.165) is 11.3 Å². The highest BCUT2D eigenvalue weighted by molar-refractivity contribution is 7.22. The lowest BCUT2D eigenvalue weighted by Crippen LogP contribution is -2.19. The van der Waals surface area contributed by atoms with Crippen LogP contribution >= 0.6 is 11.3 Å². The van der Waals surface area contributed by atoms with Gasteiger partial charge in [-0.3, -0.25) is 25.3 Å². The Bertz CT molecular complexity index is 1030. The monoisotopic (exact) mass is 401 g/mol. The molecule has 0 saturated heterocycles. The first kappa shape index (κ1) is 18.6. The van der Waals surface area contributed by atoms with Gasteiger partial charge in [0.05, 0.1) is 15.1 Å². The number of alkyl halides is 3. The third-order valence-electron chi connectivity index (χ3n) is 3.30. The van der Waals surface area contributed by atoms with Crippen molar-refractivity contribution in [3.63, 3.8) is 0 Å². The van der Waals surface area contributed by atoms with Crippen LogP contribution in [0, 0.1) is 17.0 Å². The smallest absolute Gasteiger partial charge is 0.422 e.